The normalized spacial score (nSPS) is 19.3. The van der Waals surface area contributed by atoms with Gasteiger partial charge in [0, 0.05) is 16.5 Å². The van der Waals surface area contributed by atoms with Crippen molar-refractivity contribution >= 4 is 40.9 Å². The van der Waals surface area contributed by atoms with Gasteiger partial charge in [0.15, 0.2) is 4.75 Å². The molecule has 0 radical (unpaired) electrons. The molecule has 1 atom stereocenters. The standard InChI is InChI=1S/C18H17ClN2O2S/c1-18(17(23)21-14-7-2-3-8-15(14)24-18)16(22)20-10-9-12-5-4-6-13(19)11-12/h2-8,11H,9-10H2,1H3,(H,20,22)(H,21,23). The summed E-state index contributed by atoms with van der Waals surface area (Å²) in [5.74, 6) is -0.590. The van der Waals surface area contributed by atoms with Gasteiger partial charge in [-0.25, -0.2) is 0 Å². The number of anilines is 1. The van der Waals surface area contributed by atoms with Crippen LogP contribution in [-0.2, 0) is 16.0 Å². The van der Waals surface area contributed by atoms with Crippen LogP contribution in [0.2, 0.25) is 5.02 Å². The van der Waals surface area contributed by atoms with Crippen molar-refractivity contribution in [1.82, 2.24) is 5.32 Å². The van der Waals surface area contributed by atoms with Gasteiger partial charge in [0.05, 0.1) is 5.69 Å². The predicted octanol–water partition coefficient (Wildman–Crippen LogP) is 3.50. The first kappa shape index (κ1) is 16.9. The fraction of sp³-hybridized carbons (Fsp3) is 0.222. The van der Waals surface area contributed by atoms with E-state index in [4.69, 9.17) is 11.6 Å². The molecule has 124 valence electrons. The second-order valence-corrected chi connectivity index (χ2v) is 7.62. The van der Waals surface area contributed by atoms with Crippen LogP contribution >= 0.6 is 23.4 Å². The molecular weight excluding hydrogens is 344 g/mol. The Bertz CT molecular complexity index is 796. The molecule has 0 bridgehead atoms. The molecule has 24 heavy (non-hydrogen) atoms. The lowest BCUT2D eigenvalue weighted by molar-refractivity contribution is -0.129. The van der Waals surface area contributed by atoms with Crippen LogP contribution in [-0.4, -0.2) is 23.1 Å². The first-order chi connectivity index (χ1) is 11.5. The highest BCUT2D eigenvalue weighted by Crippen LogP contribution is 2.42. The molecule has 0 saturated carbocycles. The Kier molecular flexibility index (Phi) is 4.83. The average molecular weight is 361 g/mol. The minimum Gasteiger partial charge on any atom is -0.354 e. The van der Waals surface area contributed by atoms with Gasteiger partial charge in [0.2, 0.25) is 11.8 Å². The SMILES string of the molecule is CC1(C(=O)NCCc2cccc(Cl)c2)Sc2ccccc2NC1=O. The molecule has 0 aliphatic carbocycles. The van der Waals surface area contributed by atoms with E-state index in [0.29, 0.717) is 18.0 Å². The molecule has 1 aliphatic heterocycles. The lowest BCUT2D eigenvalue weighted by Crippen LogP contribution is -2.52. The van der Waals surface area contributed by atoms with Crippen LogP contribution in [0.15, 0.2) is 53.4 Å². The Hall–Kier alpha value is -1.98. The molecule has 1 heterocycles. The van der Waals surface area contributed by atoms with Gasteiger partial charge in [-0.3, -0.25) is 9.59 Å². The maximum Gasteiger partial charge on any atom is 0.250 e. The highest BCUT2D eigenvalue weighted by Gasteiger charge is 2.45. The molecule has 2 aromatic rings. The molecule has 2 N–H and O–H groups in total. The number of carbonyl (C=O) groups is 2. The van der Waals surface area contributed by atoms with Crippen molar-refractivity contribution in [3.63, 3.8) is 0 Å². The quantitative estimate of drug-likeness (QED) is 0.820. The molecule has 0 aromatic heterocycles. The predicted molar refractivity (Wildman–Crippen MR) is 97.5 cm³/mol. The number of para-hydroxylation sites is 1. The summed E-state index contributed by atoms with van der Waals surface area (Å²) in [4.78, 5) is 25.9. The Labute approximate surface area is 150 Å². The van der Waals surface area contributed by atoms with E-state index in [1.54, 1.807) is 6.92 Å². The van der Waals surface area contributed by atoms with Gasteiger partial charge < -0.3 is 10.6 Å². The van der Waals surface area contributed by atoms with Crippen LogP contribution in [0.5, 0.6) is 0 Å². The number of hydrogen-bond acceptors (Lipinski definition) is 3. The number of benzene rings is 2. The van der Waals surface area contributed by atoms with Gasteiger partial charge in [-0.05, 0) is 43.2 Å². The van der Waals surface area contributed by atoms with Crippen molar-refractivity contribution in [2.45, 2.75) is 23.0 Å². The van der Waals surface area contributed by atoms with Gasteiger partial charge >= 0.3 is 0 Å². The minimum atomic E-state index is -1.18. The largest absolute Gasteiger partial charge is 0.354 e. The third kappa shape index (κ3) is 3.42. The zero-order chi connectivity index (χ0) is 17.2. The fourth-order valence-corrected chi connectivity index (χ4v) is 3.83. The number of thioether (sulfide) groups is 1. The van der Waals surface area contributed by atoms with Crippen molar-refractivity contribution < 1.29 is 9.59 Å². The van der Waals surface area contributed by atoms with Crippen LogP contribution < -0.4 is 10.6 Å². The number of hydrogen-bond donors (Lipinski definition) is 2. The molecule has 3 rings (SSSR count). The lowest BCUT2D eigenvalue weighted by Gasteiger charge is -2.31. The first-order valence-corrected chi connectivity index (χ1v) is 8.81. The molecule has 0 fully saturated rings. The Morgan fingerprint density at radius 2 is 2.04 bits per heavy atom. The van der Waals surface area contributed by atoms with Crippen LogP contribution in [0.1, 0.15) is 12.5 Å². The summed E-state index contributed by atoms with van der Waals surface area (Å²) in [5, 5.41) is 6.34. The highest BCUT2D eigenvalue weighted by molar-refractivity contribution is 8.02. The number of halogens is 1. The number of carbonyl (C=O) groups excluding carboxylic acids is 2. The van der Waals surface area contributed by atoms with Gasteiger partial charge in [-0.15, -0.1) is 0 Å². The summed E-state index contributed by atoms with van der Waals surface area (Å²) in [5.41, 5.74) is 1.79. The van der Waals surface area contributed by atoms with Gasteiger partial charge in [0.25, 0.3) is 0 Å². The zero-order valence-electron chi connectivity index (χ0n) is 13.1. The molecule has 0 saturated heterocycles. The van der Waals surface area contributed by atoms with Gasteiger partial charge in [0.1, 0.15) is 0 Å². The highest BCUT2D eigenvalue weighted by atomic mass is 35.5. The van der Waals surface area contributed by atoms with E-state index >= 15 is 0 Å². The van der Waals surface area contributed by atoms with Crippen LogP contribution in [0, 0.1) is 0 Å². The fourth-order valence-electron chi connectivity index (χ4n) is 2.50. The summed E-state index contributed by atoms with van der Waals surface area (Å²) in [6, 6.07) is 15.0. The Morgan fingerprint density at radius 3 is 2.83 bits per heavy atom. The molecule has 0 spiro atoms. The van der Waals surface area contributed by atoms with Crippen LogP contribution in [0.4, 0.5) is 5.69 Å². The molecule has 1 unspecified atom stereocenters. The maximum atomic E-state index is 12.6. The van der Waals surface area contributed by atoms with Crippen molar-refractivity contribution in [2.24, 2.45) is 0 Å². The summed E-state index contributed by atoms with van der Waals surface area (Å²) in [6.07, 6.45) is 0.658. The molecule has 1 aliphatic rings. The summed E-state index contributed by atoms with van der Waals surface area (Å²) < 4.78 is -1.18. The van der Waals surface area contributed by atoms with Gasteiger partial charge in [-0.1, -0.05) is 47.6 Å². The lowest BCUT2D eigenvalue weighted by atomic mass is 10.1. The Morgan fingerprint density at radius 1 is 1.25 bits per heavy atom. The van der Waals surface area contributed by atoms with E-state index in [1.807, 2.05) is 48.5 Å². The summed E-state index contributed by atoms with van der Waals surface area (Å²) in [7, 11) is 0. The maximum absolute atomic E-state index is 12.6. The van der Waals surface area contributed by atoms with Crippen molar-refractivity contribution in [1.29, 1.82) is 0 Å². The molecule has 2 amide bonds. The van der Waals surface area contributed by atoms with E-state index in [-0.39, 0.29) is 11.8 Å². The van der Waals surface area contributed by atoms with Crippen LogP contribution in [0.25, 0.3) is 0 Å². The molecule has 6 heteroatoms. The van der Waals surface area contributed by atoms with Crippen molar-refractivity contribution in [2.75, 3.05) is 11.9 Å². The van der Waals surface area contributed by atoms with E-state index in [1.165, 1.54) is 11.8 Å². The summed E-state index contributed by atoms with van der Waals surface area (Å²) >= 11 is 7.23. The van der Waals surface area contributed by atoms with Gasteiger partial charge in [-0.2, -0.15) is 0 Å². The number of amides is 2. The number of rotatable bonds is 4. The van der Waals surface area contributed by atoms with E-state index in [2.05, 4.69) is 10.6 Å². The van der Waals surface area contributed by atoms with Crippen molar-refractivity contribution in [3.05, 3.63) is 59.1 Å². The van der Waals surface area contributed by atoms with E-state index < -0.39 is 4.75 Å². The summed E-state index contributed by atoms with van der Waals surface area (Å²) in [6.45, 7) is 2.10. The average Bonchev–Trinajstić information content (AvgIpc) is 2.56. The molecule has 2 aromatic carbocycles. The monoisotopic (exact) mass is 360 g/mol. The second kappa shape index (κ2) is 6.87. The van der Waals surface area contributed by atoms with Crippen LogP contribution in [0.3, 0.4) is 0 Å². The minimum absolute atomic E-state index is 0.290. The van der Waals surface area contributed by atoms with Crippen molar-refractivity contribution in [3.8, 4) is 0 Å². The zero-order valence-corrected chi connectivity index (χ0v) is 14.7. The molecule has 4 nitrogen and oxygen atoms in total. The number of nitrogens with one attached hydrogen (secondary N) is 2. The topological polar surface area (TPSA) is 58.2 Å². The third-order valence-corrected chi connectivity index (χ3v) is 5.49. The smallest absolute Gasteiger partial charge is 0.250 e. The number of fused-ring (bicyclic) bond motifs is 1. The first-order valence-electron chi connectivity index (χ1n) is 7.61. The Balaban J connectivity index is 1.65. The molecular formula is C18H17ClN2O2S. The third-order valence-electron chi connectivity index (χ3n) is 3.90. The van der Waals surface area contributed by atoms with E-state index in [9.17, 15) is 9.59 Å². The second-order valence-electron chi connectivity index (χ2n) is 5.72. The van der Waals surface area contributed by atoms with E-state index in [0.717, 1.165) is 16.1 Å².